The minimum absolute atomic E-state index is 0.683. The van der Waals surface area contributed by atoms with Gasteiger partial charge in [-0.2, -0.15) is 0 Å². The molecular weight excluding hydrogens is 212 g/mol. The van der Waals surface area contributed by atoms with Gasteiger partial charge in [-0.3, -0.25) is 15.3 Å². The molecule has 0 amide bonds. The van der Waals surface area contributed by atoms with Crippen LogP contribution in [0.2, 0.25) is 0 Å². The normalized spacial score (nSPS) is 17.2. The van der Waals surface area contributed by atoms with Crippen molar-refractivity contribution in [2.45, 2.75) is 20.4 Å². The van der Waals surface area contributed by atoms with Crippen LogP contribution in [0.1, 0.15) is 18.2 Å². The maximum absolute atomic E-state index is 7.61. The quantitative estimate of drug-likeness (QED) is 0.621. The van der Waals surface area contributed by atoms with Crippen molar-refractivity contribution in [3.8, 4) is 0 Å². The number of piperazine rings is 1. The first-order chi connectivity index (χ1) is 8.16. The van der Waals surface area contributed by atoms with Crippen molar-refractivity contribution in [3.63, 3.8) is 0 Å². The van der Waals surface area contributed by atoms with Crippen LogP contribution in [-0.4, -0.2) is 46.8 Å². The van der Waals surface area contributed by atoms with Crippen LogP contribution >= 0.6 is 0 Å². The van der Waals surface area contributed by atoms with Crippen molar-refractivity contribution in [1.82, 2.24) is 14.8 Å². The van der Waals surface area contributed by atoms with Crippen molar-refractivity contribution in [3.05, 3.63) is 29.6 Å². The van der Waals surface area contributed by atoms with Gasteiger partial charge in [-0.05, 0) is 25.5 Å². The number of hydrogen-bond donors (Lipinski definition) is 1. The lowest BCUT2D eigenvalue weighted by Crippen LogP contribution is -2.47. The second-order valence-corrected chi connectivity index (χ2v) is 4.60. The van der Waals surface area contributed by atoms with Gasteiger partial charge in [0.1, 0.15) is 0 Å². The van der Waals surface area contributed by atoms with Gasteiger partial charge in [-0.1, -0.05) is 6.07 Å². The number of hydrogen-bond acceptors (Lipinski definition) is 3. The topological polar surface area (TPSA) is 43.2 Å². The highest BCUT2D eigenvalue weighted by Crippen LogP contribution is 2.10. The highest BCUT2D eigenvalue weighted by molar-refractivity contribution is 5.76. The van der Waals surface area contributed by atoms with Crippen LogP contribution in [0.15, 0.2) is 18.3 Å². The molecule has 1 aliphatic heterocycles. The minimum Gasteiger partial charge on any atom is -0.358 e. The van der Waals surface area contributed by atoms with E-state index < -0.39 is 0 Å². The molecule has 1 aromatic rings. The molecule has 1 N–H and O–H groups in total. The van der Waals surface area contributed by atoms with Gasteiger partial charge in [0.25, 0.3) is 0 Å². The molecule has 2 rings (SSSR count). The Balaban J connectivity index is 1.90. The second-order valence-electron chi connectivity index (χ2n) is 4.60. The Bertz CT molecular complexity index is 394. The van der Waals surface area contributed by atoms with Gasteiger partial charge in [0.15, 0.2) is 0 Å². The Kier molecular flexibility index (Phi) is 3.74. The predicted octanol–water partition coefficient (Wildman–Crippen LogP) is 1.50. The summed E-state index contributed by atoms with van der Waals surface area (Å²) in [6.45, 7) is 8.90. The highest BCUT2D eigenvalue weighted by Gasteiger charge is 2.17. The van der Waals surface area contributed by atoms with Crippen LogP contribution in [0.5, 0.6) is 0 Å². The monoisotopic (exact) mass is 232 g/mol. The Morgan fingerprint density at radius 3 is 2.65 bits per heavy atom. The van der Waals surface area contributed by atoms with E-state index in [1.165, 1.54) is 5.56 Å². The van der Waals surface area contributed by atoms with Gasteiger partial charge < -0.3 is 4.90 Å². The molecule has 17 heavy (non-hydrogen) atoms. The van der Waals surface area contributed by atoms with Crippen LogP contribution in [0.3, 0.4) is 0 Å². The van der Waals surface area contributed by atoms with Crippen LogP contribution in [0, 0.1) is 12.3 Å². The molecule has 0 spiro atoms. The number of rotatable bonds is 2. The molecule has 0 aromatic carbocycles. The molecule has 1 aromatic heterocycles. The Morgan fingerprint density at radius 1 is 1.35 bits per heavy atom. The number of nitrogens with zero attached hydrogens (tertiary/aromatic N) is 3. The second kappa shape index (κ2) is 5.27. The van der Waals surface area contributed by atoms with E-state index in [0.717, 1.165) is 38.4 Å². The SMILES string of the molecule is CC(=N)N1CCN(Cc2cccnc2C)CC1. The van der Waals surface area contributed by atoms with Crippen molar-refractivity contribution < 1.29 is 0 Å². The molecule has 92 valence electrons. The molecule has 2 heterocycles. The summed E-state index contributed by atoms with van der Waals surface area (Å²) in [5, 5.41) is 7.61. The van der Waals surface area contributed by atoms with E-state index in [-0.39, 0.29) is 0 Å². The fourth-order valence-electron chi connectivity index (χ4n) is 2.17. The summed E-state index contributed by atoms with van der Waals surface area (Å²) in [7, 11) is 0. The smallest absolute Gasteiger partial charge is 0.0926 e. The largest absolute Gasteiger partial charge is 0.358 e. The molecule has 1 fully saturated rings. The summed E-state index contributed by atoms with van der Waals surface area (Å²) < 4.78 is 0. The Morgan fingerprint density at radius 2 is 2.06 bits per heavy atom. The number of aryl methyl sites for hydroxylation is 1. The molecule has 4 nitrogen and oxygen atoms in total. The first kappa shape index (κ1) is 12.0. The van der Waals surface area contributed by atoms with Gasteiger partial charge in [-0.15, -0.1) is 0 Å². The molecule has 0 radical (unpaired) electrons. The Hall–Kier alpha value is -1.42. The molecule has 0 saturated carbocycles. The summed E-state index contributed by atoms with van der Waals surface area (Å²) in [6.07, 6.45) is 1.84. The number of amidine groups is 1. The van der Waals surface area contributed by atoms with Crippen LogP contribution < -0.4 is 0 Å². The van der Waals surface area contributed by atoms with Crippen molar-refractivity contribution in [1.29, 1.82) is 5.41 Å². The molecule has 0 unspecified atom stereocenters. The summed E-state index contributed by atoms with van der Waals surface area (Å²) in [6, 6.07) is 4.15. The number of aromatic nitrogens is 1. The molecular formula is C13H20N4. The molecule has 0 atom stereocenters. The summed E-state index contributed by atoms with van der Waals surface area (Å²) in [5.41, 5.74) is 2.44. The zero-order valence-electron chi connectivity index (χ0n) is 10.6. The highest BCUT2D eigenvalue weighted by atomic mass is 15.3. The lowest BCUT2D eigenvalue weighted by Gasteiger charge is -2.35. The molecule has 0 bridgehead atoms. The first-order valence-corrected chi connectivity index (χ1v) is 6.10. The van der Waals surface area contributed by atoms with E-state index in [1.807, 2.05) is 19.2 Å². The van der Waals surface area contributed by atoms with E-state index in [0.29, 0.717) is 5.84 Å². The molecule has 0 aliphatic carbocycles. The zero-order valence-corrected chi connectivity index (χ0v) is 10.6. The molecule has 1 aliphatic rings. The van der Waals surface area contributed by atoms with Gasteiger partial charge >= 0.3 is 0 Å². The minimum atomic E-state index is 0.683. The van der Waals surface area contributed by atoms with Crippen LogP contribution in [-0.2, 0) is 6.54 Å². The van der Waals surface area contributed by atoms with Crippen LogP contribution in [0.25, 0.3) is 0 Å². The van der Waals surface area contributed by atoms with Crippen molar-refractivity contribution in [2.24, 2.45) is 0 Å². The van der Waals surface area contributed by atoms with E-state index in [1.54, 1.807) is 0 Å². The summed E-state index contributed by atoms with van der Waals surface area (Å²) in [4.78, 5) is 8.88. The number of pyridine rings is 1. The maximum atomic E-state index is 7.61. The average molecular weight is 232 g/mol. The van der Waals surface area contributed by atoms with Crippen LogP contribution in [0.4, 0.5) is 0 Å². The third-order valence-electron chi connectivity index (χ3n) is 3.36. The van der Waals surface area contributed by atoms with E-state index in [2.05, 4.69) is 27.8 Å². The standard InChI is InChI=1S/C13H20N4/c1-11-13(4-3-5-15-11)10-16-6-8-17(9-7-16)12(2)14/h3-5,14H,6-10H2,1-2H3. The van der Waals surface area contributed by atoms with Gasteiger partial charge in [0.2, 0.25) is 0 Å². The maximum Gasteiger partial charge on any atom is 0.0926 e. The average Bonchev–Trinajstić information content (AvgIpc) is 2.33. The molecule has 4 heteroatoms. The van der Waals surface area contributed by atoms with E-state index in [9.17, 15) is 0 Å². The fraction of sp³-hybridized carbons (Fsp3) is 0.538. The van der Waals surface area contributed by atoms with E-state index in [4.69, 9.17) is 5.41 Å². The fourth-order valence-corrected chi connectivity index (χ4v) is 2.17. The predicted molar refractivity (Wildman–Crippen MR) is 69.2 cm³/mol. The van der Waals surface area contributed by atoms with Gasteiger partial charge in [0.05, 0.1) is 5.84 Å². The molecule has 1 saturated heterocycles. The third-order valence-corrected chi connectivity index (χ3v) is 3.36. The zero-order chi connectivity index (χ0) is 12.3. The first-order valence-electron chi connectivity index (χ1n) is 6.10. The third kappa shape index (κ3) is 3.03. The lowest BCUT2D eigenvalue weighted by molar-refractivity contribution is 0.174. The lowest BCUT2D eigenvalue weighted by atomic mass is 10.2. The Labute approximate surface area is 103 Å². The summed E-state index contributed by atoms with van der Waals surface area (Å²) in [5.74, 6) is 0.683. The van der Waals surface area contributed by atoms with Crippen molar-refractivity contribution in [2.75, 3.05) is 26.2 Å². The van der Waals surface area contributed by atoms with Crippen molar-refractivity contribution >= 4 is 5.84 Å². The van der Waals surface area contributed by atoms with E-state index >= 15 is 0 Å². The van der Waals surface area contributed by atoms with Gasteiger partial charge in [0, 0.05) is 44.6 Å². The number of nitrogens with one attached hydrogen (secondary N) is 1. The van der Waals surface area contributed by atoms with Gasteiger partial charge in [-0.25, -0.2) is 0 Å². The summed E-state index contributed by atoms with van der Waals surface area (Å²) >= 11 is 0.